The van der Waals surface area contributed by atoms with Gasteiger partial charge < -0.3 is 14.9 Å². The lowest BCUT2D eigenvalue weighted by molar-refractivity contribution is 0.131. The van der Waals surface area contributed by atoms with Crippen LogP contribution in [0.4, 0.5) is 0 Å². The molecule has 0 aromatic heterocycles. The van der Waals surface area contributed by atoms with Gasteiger partial charge in [-0.1, -0.05) is 0 Å². The molecule has 0 fully saturated rings. The summed E-state index contributed by atoms with van der Waals surface area (Å²) in [5.41, 5.74) is -0.338. The molecular weight excluding hydrogens is 318 g/mol. The zero-order chi connectivity index (χ0) is 17.5. The van der Waals surface area contributed by atoms with E-state index in [1.807, 2.05) is 20.8 Å². The van der Waals surface area contributed by atoms with E-state index in [1.165, 1.54) is 0 Å². The Bertz CT molecular complexity index is 557. The fraction of sp³-hybridized carbons (Fsp3) is 0.625. The fourth-order valence-corrected chi connectivity index (χ4v) is 3.34. The average molecular weight is 345 g/mol. The monoisotopic (exact) mass is 345 g/mol. The first kappa shape index (κ1) is 19.9. The van der Waals surface area contributed by atoms with Gasteiger partial charge in [0.25, 0.3) is 0 Å². The van der Waals surface area contributed by atoms with Gasteiger partial charge in [0, 0.05) is 19.6 Å². The third-order valence-corrected chi connectivity index (χ3v) is 4.83. The van der Waals surface area contributed by atoms with Gasteiger partial charge in [0.05, 0.1) is 23.9 Å². The maximum Gasteiger partial charge on any atom is 0.179 e. The molecule has 6 nitrogen and oxygen atoms in total. The standard InChI is InChI=1S/C16H27NO5S/c1-16(2,3)22-14-4-6-15(7-5-14)23(20,21)13-10-17(8-11-18)9-12-19/h4-7,18-19H,8-13H2,1-3H3. The van der Waals surface area contributed by atoms with E-state index in [4.69, 9.17) is 14.9 Å². The van der Waals surface area contributed by atoms with Crippen molar-refractivity contribution in [1.82, 2.24) is 4.90 Å². The van der Waals surface area contributed by atoms with Crippen molar-refractivity contribution in [2.45, 2.75) is 31.3 Å². The quantitative estimate of drug-likeness (QED) is 0.692. The molecule has 0 amide bonds. The number of hydrogen-bond donors (Lipinski definition) is 2. The number of benzene rings is 1. The molecule has 0 bridgehead atoms. The third-order valence-electron chi connectivity index (χ3n) is 3.12. The molecule has 7 heteroatoms. The Morgan fingerprint density at radius 2 is 1.52 bits per heavy atom. The molecule has 0 spiro atoms. The number of sulfone groups is 1. The van der Waals surface area contributed by atoms with E-state index < -0.39 is 9.84 Å². The van der Waals surface area contributed by atoms with Crippen molar-refractivity contribution in [2.75, 3.05) is 38.6 Å². The highest BCUT2D eigenvalue weighted by Gasteiger charge is 2.17. The normalized spacial score (nSPS) is 12.6. The molecular formula is C16H27NO5S. The lowest BCUT2D eigenvalue weighted by Crippen LogP contribution is -2.34. The van der Waals surface area contributed by atoms with Gasteiger partial charge in [0.2, 0.25) is 0 Å². The summed E-state index contributed by atoms with van der Waals surface area (Å²) in [7, 11) is -3.41. The summed E-state index contributed by atoms with van der Waals surface area (Å²) in [4.78, 5) is 1.96. The molecule has 0 heterocycles. The highest BCUT2D eigenvalue weighted by molar-refractivity contribution is 7.91. The van der Waals surface area contributed by atoms with Gasteiger partial charge in [0.1, 0.15) is 11.4 Å². The van der Waals surface area contributed by atoms with Crippen molar-refractivity contribution in [3.8, 4) is 5.75 Å². The van der Waals surface area contributed by atoms with E-state index in [2.05, 4.69) is 0 Å². The molecule has 0 saturated carbocycles. The van der Waals surface area contributed by atoms with Crippen LogP contribution in [0.15, 0.2) is 29.2 Å². The summed E-state index contributed by atoms with van der Waals surface area (Å²) in [6, 6.07) is 6.38. The van der Waals surface area contributed by atoms with Crippen molar-refractivity contribution >= 4 is 9.84 Å². The molecule has 0 aliphatic heterocycles. The second kappa shape index (κ2) is 8.63. The molecule has 23 heavy (non-hydrogen) atoms. The summed E-state index contributed by atoms with van der Waals surface area (Å²) in [5, 5.41) is 17.9. The Labute approximate surface area is 138 Å². The molecule has 0 aliphatic carbocycles. The van der Waals surface area contributed by atoms with Crippen molar-refractivity contribution in [3.63, 3.8) is 0 Å². The van der Waals surface area contributed by atoms with E-state index in [9.17, 15) is 8.42 Å². The van der Waals surface area contributed by atoms with Crippen molar-refractivity contribution in [1.29, 1.82) is 0 Å². The number of hydrogen-bond acceptors (Lipinski definition) is 6. The zero-order valence-corrected chi connectivity index (χ0v) is 14.8. The molecule has 0 radical (unpaired) electrons. The topological polar surface area (TPSA) is 87.1 Å². The molecule has 0 unspecified atom stereocenters. The Morgan fingerprint density at radius 1 is 1.00 bits per heavy atom. The van der Waals surface area contributed by atoms with E-state index in [1.54, 1.807) is 29.2 Å². The predicted octanol–water partition coefficient (Wildman–Crippen LogP) is 0.924. The van der Waals surface area contributed by atoms with Crippen LogP contribution in [0.5, 0.6) is 5.75 Å². The molecule has 1 rings (SSSR count). The zero-order valence-electron chi connectivity index (χ0n) is 14.0. The number of ether oxygens (including phenoxy) is 1. The molecule has 0 saturated heterocycles. The van der Waals surface area contributed by atoms with Crippen LogP contribution >= 0.6 is 0 Å². The van der Waals surface area contributed by atoms with Gasteiger partial charge in [-0.15, -0.1) is 0 Å². The van der Waals surface area contributed by atoms with Crippen LogP contribution in [0.3, 0.4) is 0 Å². The third kappa shape index (κ3) is 7.30. The Morgan fingerprint density at radius 3 is 1.96 bits per heavy atom. The van der Waals surface area contributed by atoms with Crippen LogP contribution < -0.4 is 4.74 Å². The molecule has 0 aliphatic rings. The van der Waals surface area contributed by atoms with E-state index in [0.717, 1.165) is 0 Å². The number of aliphatic hydroxyl groups excluding tert-OH is 2. The Hall–Kier alpha value is -1.15. The van der Waals surface area contributed by atoms with E-state index >= 15 is 0 Å². The van der Waals surface area contributed by atoms with Crippen molar-refractivity contribution in [3.05, 3.63) is 24.3 Å². The lowest BCUT2D eigenvalue weighted by Gasteiger charge is -2.21. The Kier molecular flexibility index (Phi) is 7.47. The smallest absolute Gasteiger partial charge is 0.179 e. The van der Waals surface area contributed by atoms with Gasteiger partial charge in [-0.2, -0.15) is 0 Å². The predicted molar refractivity (Wildman–Crippen MR) is 89.5 cm³/mol. The van der Waals surface area contributed by atoms with Crippen LogP contribution in [0.1, 0.15) is 20.8 Å². The second-order valence-electron chi connectivity index (χ2n) is 6.29. The van der Waals surface area contributed by atoms with Crippen LogP contribution in [0, 0.1) is 0 Å². The van der Waals surface area contributed by atoms with Crippen molar-refractivity contribution < 1.29 is 23.4 Å². The molecule has 1 aromatic carbocycles. The van der Waals surface area contributed by atoms with Crippen LogP contribution in [-0.4, -0.2) is 67.7 Å². The van der Waals surface area contributed by atoms with Gasteiger partial charge in [-0.05, 0) is 45.0 Å². The second-order valence-corrected chi connectivity index (χ2v) is 8.40. The van der Waals surface area contributed by atoms with E-state index in [0.29, 0.717) is 18.8 Å². The minimum Gasteiger partial charge on any atom is -0.488 e. The summed E-state index contributed by atoms with van der Waals surface area (Å²) in [6.07, 6.45) is 0. The van der Waals surface area contributed by atoms with Gasteiger partial charge in [-0.3, -0.25) is 4.90 Å². The first-order valence-electron chi connectivity index (χ1n) is 7.64. The molecule has 1 aromatic rings. The number of aliphatic hydroxyl groups is 2. The molecule has 132 valence electrons. The van der Waals surface area contributed by atoms with Gasteiger partial charge in [-0.25, -0.2) is 8.42 Å². The first-order chi connectivity index (χ1) is 10.7. The minimum atomic E-state index is -3.41. The maximum absolute atomic E-state index is 12.3. The van der Waals surface area contributed by atoms with Gasteiger partial charge in [0.15, 0.2) is 9.84 Å². The lowest BCUT2D eigenvalue weighted by atomic mass is 10.2. The van der Waals surface area contributed by atoms with Crippen LogP contribution in [0.2, 0.25) is 0 Å². The number of nitrogens with zero attached hydrogens (tertiary/aromatic N) is 1. The van der Waals surface area contributed by atoms with E-state index in [-0.39, 0.29) is 36.0 Å². The van der Waals surface area contributed by atoms with Crippen LogP contribution in [0.25, 0.3) is 0 Å². The highest BCUT2D eigenvalue weighted by Crippen LogP contribution is 2.21. The van der Waals surface area contributed by atoms with Crippen molar-refractivity contribution in [2.24, 2.45) is 0 Å². The summed E-state index contributed by atoms with van der Waals surface area (Å²) >= 11 is 0. The maximum atomic E-state index is 12.3. The van der Waals surface area contributed by atoms with Crippen LogP contribution in [-0.2, 0) is 9.84 Å². The Balaban J connectivity index is 2.72. The average Bonchev–Trinajstić information content (AvgIpc) is 2.44. The SMILES string of the molecule is CC(C)(C)Oc1ccc(S(=O)(=O)CCN(CCO)CCO)cc1. The first-order valence-corrected chi connectivity index (χ1v) is 9.29. The molecule has 0 atom stereocenters. The fourth-order valence-electron chi connectivity index (χ4n) is 2.05. The number of rotatable bonds is 9. The highest BCUT2D eigenvalue weighted by atomic mass is 32.2. The largest absolute Gasteiger partial charge is 0.488 e. The minimum absolute atomic E-state index is 0.0630. The molecule has 2 N–H and O–H groups in total. The summed E-state index contributed by atoms with van der Waals surface area (Å²) < 4.78 is 30.4. The summed E-state index contributed by atoms with van der Waals surface area (Å²) in [6.45, 7) is 6.59. The van der Waals surface area contributed by atoms with Gasteiger partial charge >= 0.3 is 0 Å². The summed E-state index contributed by atoms with van der Waals surface area (Å²) in [5.74, 6) is 0.561.